The maximum Gasteiger partial charge on any atom is 0.333 e. The van der Waals surface area contributed by atoms with E-state index in [0.717, 1.165) is 49.7 Å². The molecule has 2 aliphatic heterocycles. The Bertz CT molecular complexity index is 983. The molecule has 0 bridgehead atoms. The minimum Gasteiger partial charge on any atom is -0.458 e. The molecule has 2 N–H and O–H groups in total. The molecule has 0 radical (unpaired) electrons. The van der Waals surface area contributed by atoms with Crippen LogP contribution >= 0.6 is 0 Å². The van der Waals surface area contributed by atoms with E-state index in [0.29, 0.717) is 11.8 Å². The van der Waals surface area contributed by atoms with Gasteiger partial charge in [0.15, 0.2) is 17.0 Å². The van der Waals surface area contributed by atoms with E-state index in [2.05, 4.69) is 13.8 Å². The van der Waals surface area contributed by atoms with Crippen molar-refractivity contribution in [3.8, 4) is 0 Å². The Morgan fingerprint density at radius 1 is 1.15 bits per heavy atom. The number of ether oxygens (including phenoxy) is 2. The number of carbonyl (C=O) groups excluding carboxylic acids is 2. The maximum absolute atomic E-state index is 13.0. The van der Waals surface area contributed by atoms with Crippen molar-refractivity contribution >= 4 is 11.8 Å². The lowest BCUT2D eigenvalue weighted by molar-refractivity contribution is -0.183. The first-order valence-corrected chi connectivity index (χ1v) is 12.7. The zero-order valence-electron chi connectivity index (χ0n) is 20.0. The number of aliphatic hydroxyl groups excluding tert-OH is 1. The SMILES string of the molecule is CC1=C(C)C(=O)O[C@@H]([C@@H](C)[C@H]2CC[C@H]3[C@@H]4C[C@H]5O[C@]56[C@@H](O)C=CC(=O)[C@]6(O)[C@H]4CC[C@]23C)C1. The highest BCUT2D eigenvalue weighted by Crippen LogP contribution is 2.70. The summed E-state index contributed by atoms with van der Waals surface area (Å²) in [6.07, 6.45) is 6.98. The van der Waals surface area contributed by atoms with Gasteiger partial charge in [-0.1, -0.05) is 19.4 Å². The lowest BCUT2D eigenvalue weighted by Gasteiger charge is -2.57. The van der Waals surface area contributed by atoms with Crippen LogP contribution in [0.15, 0.2) is 23.3 Å². The quantitative estimate of drug-likeness (QED) is 0.490. The van der Waals surface area contributed by atoms with Crippen LogP contribution in [-0.2, 0) is 19.1 Å². The number of fused-ring (bicyclic) bond motifs is 4. The van der Waals surface area contributed by atoms with E-state index in [1.807, 2.05) is 13.8 Å². The maximum atomic E-state index is 13.0. The fourth-order valence-corrected chi connectivity index (χ4v) is 9.09. The van der Waals surface area contributed by atoms with Gasteiger partial charge in [0, 0.05) is 17.9 Å². The van der Waals surface area contributed by atoms with Crippen LogP contribution in [0.3, 0.4) is 0 Å². The summed E-state index contributed by atoms with van der Waals surface area (Å²) in [5.41, 5.74) is -0.819. The predicted octanol–water partition coefficient (Wildman–Crippen LogP) is 3.11. The number of esters is 1. The molecule has 0 aromatic rings. The Labute approximate surface area is 195 Å². The van der Waals surface area contributed by atoms with Crippen molar-refractivity contribution in [1.29, 1.82) is 0 Å². The van der Waals surface area contributed by atoms with Crippen molar-refractivity contribution in [3.05, 3.63) is 23.3 Å². The molecule has 6 aliphatic rings. The van der Waals surface area contributed by atoms with Gasteiger partial charge in [-0.25, -0.2) is 4.79 Å². The Hall–Kier alpha value is -1.50. The number of ketones is 1. The van der Waals surface area contributed by atoms with E-state index in [-0.39, 0.29) is 47.1 Å². The largest absolute Gasteiger partial charge is 0.458 e. The molecular formula is C27H36O6. The highest BCUT2D eigenvalue weighted by molar-refractivity contribution is 6.00. The summed E-state index contributed by atoms with van der Waals surface area (Å²) in [7, 11) is 0. The van der Waals surface area contributed by atoms with Crippen molar-refractivity contribution in [1.82, 2.24) is 0 Å². The van der Waals surface area contributed by atoms with E-state index >= 15 is 0 Å². The number of aliphatic hydroxyl groups is 2. The van der Waals surface area contributed by atoms with Crippen LogP contribution in [0.2, 0.25) is 0 Å². The smallest absolute Gasteiger partial charge is 0.333 e. The number of epoxide rings is 1. The Morgan fingerprint density at radius 3 is 2.64 bits per heavy atom. The van der Waals surface area contributed by atoms with Gasteiger partial charge in [0.25, 0.3) is 0 Å². The lowest BCUT2D eigenvalue weighted by atomic mass is 9.47. The summed E-state index contributed by atoms with van der Waals surface area (Å²) in [4.78, 5) is 25.4. The van der Waals surface area contributed by atoms with Crippen LogP contribution in [0.25, 0.3) is 0 Å². The van der Waals surface area contributed by atoms with Gasteiger partial charge in [0.1, 0.15) is 12.2 Å². The van der Waals surface area contributed by atoms with Gasteiger partial charge in [0.2, 0.25) is 0 Å². The van der Waals surface area contributed by atoms with E-state index in [4.69, 9.17) is 9.47 Å². The molecule has 4 aliphatic carbocycles. The summed E-state index contributed by atoms with van der Waals surface area (Å²) in [5, 5.41) is 22.5. The molecule has 0 aromatic carbocycles. The zero-order chi connectivity index (χ0) is 23.5. The van der Waals surface area contributed by atoms with Crippen LogP contribution in [-0.4, -0.2) is 51.5 Å². The van der Waals surface area contributed by atoms with Crippen molar-refractivity contribution in [3.63, 3.8) is 0 Å². The zero-order valence-corrected chi connectivity index (χ0v) is 20.0. The number of hydrogen-bond acceptors (Lipinski definition) is 6. The van der Waals surface area contributed by atoms with Gasteiger partial charge in [0.05, 0.1) is 6.10 Å². The van der Waals surface area contributed by atoms with Gasteiger partial charge in [-0.3, -0.25) is 4.79 Å². The molecule has 1 spiro atoms. The van der Waals surface area contributed by atoms with Gasteiger partial charge in [-0.2, -0.15) is 0 Å². The molecule has 6 heteroatoms. The van der Waals surface area contributed by atoms with Crippen LogP contribution in [0.4, 0.5) is 0 Å². The number of carbonyl (C=O) groups is 2. The Balaban J connectivity index is 1.28. The predicted molar refractivity (Wildman–Crippen MR) is 120 cm³/mol. The van der Waals surface area contributed by atoms with Crippen molar-refractivity contribution in [2.45, 2.75) is 95.7 Å². The van der Waals surface area contributed by atoms with E-state index in [9.17, 15) is 19.8 Å². The third kappa shape index (κ3) is 2.55. The van der Waals surface area contributed by atoms with E-state index < -0.39 is 17.3 Å². The third-order valence-corrected chi connectivity index (χ3v) is 11.1. The second-order valence-corrected chi connectivity index (χ2v) is 12.1. The average molecular weight is 457 g/mol. The molecule has 0 aromatic heterocycles. The molecule has 6 rings (SSSR count). The summed E-state index contributed by atoms with van der Waals surface area (Å²) in [6, 6.07) is 0. The average Bonchev–Trinajstić information content (AvgIpc) is 3.41. The summed E-state index contributed by atoms with van der Waals surface area (Å²) in [5.74, 6) is 0.613. The highest BCUT2D eigenvalue weighted by Gasteiger charge is 2.82. The van der Waals surface area contributed by atoms with Crippen molar-refractivity contribution < 1.29 is 29.3 Å². The number of cyclic esters (lactones) is 1. The molecule has 180 valence electrons. The second kappa shape index (κ2) is 6.79. The fourth-order valence-electron chi connectivity index (χ4n) is 9.09. The van der Waals surface area contributed by atoms with Gasteiger partial charge < -0.3 is 19.7 Å². The minimum atomic E-state index is -1.63. The fraction of sp³-hybridized carbons (Fsp3) is 0.778. The second-order valence-electron chi connectivity index (χ2n) is 12.1. The van der Waals surface area contributed by atoms with Crippen LogP contribution < -0.4 is 0 Å². The monoisotopic (exact) mass is 456 g/mol. The molecular weight excluding hydrogens is 420 g/mol. The molecule has 1 saturated heterocycles. The molecule has 3 saturated carbocycles. The lowest BCUT2D eigenvalue weighted by Crippen LogP contribution is -2.69. The molecule has 11 atom stereocenters. The molecule has 6 nitrogen and oxygen atoms in total. The normalized spacial score (nSPS) is 53.6. The standard InChI is InChI=1S/C27H36O6/c1-13-11-20(32-24(30)14(13)2)15(3)17-5-6-18-16-12-23-27(33-23)22(29)8-7-21(28)26(27,31)19(16)9-10-25(17,18)4/h7-8,15-20,22-23,29,31H,5-6,9-12H2,1-4H3/t15-,16-,17+,18-,19-,20+,22-,23+,25+,26+,27+/m0/s1. The molecule has 4 fully saturated rings. The first-order valence-electron chi connectivity index (χ1n) is 12.7. The molecule has 33 heavy (non-hydrogen) atoms. The first-order chi connectivity index (χ1) is 15.6. The van der Waals surface area contributed by atoms with Gasteiger partial charge in [-0.15, -0.1) is 0 Å². The van der Waals surface area contributed by atoms with Crippen molar-refractivity contribution in [2.75, 3.05) is 0 Å². The topological polar surface area (TPSA) is 96.4 Å². The Morgan fingerprint density at radius 2 is 1.91 bits per heavy atom. The Kier molecular flexibility index (Phi) is 4.53. The summed E-state index contributed by atoms with van der Waals surface area (Å²) >= 11 is 0. The third-order valence-electron chi connectivity index (χ3n) is 11.1. The van der Waals surface area contributed by atoms with E-state index in [1.165, 1.54) is 12.2 Å². The van der Waals surface area contributed by atoms with Crippen LogP contribution in [0, 0.1) is 35.0 Å². The van der Waals surface area contributed by atoms with Gasteiger partial charge in [-0.05, 0) is 87.2 Å². The summed E-state index contributed by atoms with van der Waals surface area (Å²) < 4.78 is 11.9. The first kappa shape index (κ1) is 22.0. The van der Waals surface area contributed by atoms with Crippen LogP contribution in [0.5, 0.6) is 0 Å². The molecule has 0 amide bonds. The molecule has 2 heterocycles. The van der Waals surface area contributed by atoms with E-state index in [1.54, 1.807) is 0 Å². The number of hydrogen-bond donors (Lipinski definition) is 2. The van der Waals surface area contributed by atoms with Gasteiger partial charge >= 0.3 is 5.97 Å². The number of rotatable bonds is 2. The highest BCUT2D eigenvalue weighted by atomic mass is 16.6. The summed E-state index contributed by atoms with van der Waals surface area (Å²) in [6.45, 7) is 8.51. The van der Waals surface area contributed by atoms with Crippen LogP contribution in [0.1, 0.15) is 66.2 Å². The minimum absolute atomic E-state index is 0.0779. The molecule has 0 unspecified atom stereocenters. The van der Waals surface area contributed by atoms with Crippen molar-refractivity contribution in [2.24, 2.45) is 35.0 Å².